The summed E-state index contributed by atoms with van der Waals surface area (Å²) in [6.07, 6.45) is 2.34. The van der Waals surface area contributed by atoms with Gasteiger partial charge >= 0.3 is 0 Å². The van der Waals surface area contributed by atoms with Crippen LogP contribution in [0.5, 0.6) is 0 Å². The zero-order valence-electron chi connectivity index (χ0n) is 9.54. The van der Waals surface area contributed by atoms with Crippen LogP contribution in [0.1, 0.15) is 26.2 Å². The van der Waals surface area contributed by atoms with Crippen LogP contribution in [0.15, 0.2) is 0 Å². The average Bonchev–Trinajstić information content (AvgIpc) is 2.68. The lowest BCUT2D eigenvalue weighted by Gasteiger charge is -2.46. The molecule has 0 aliphatic carbocycles. The van der Waals surface area contributed by atoms with Crippen LogP contribution in [0.25, 0.3) is 0 Å². The summed E-state index contributed by atoms with van der Waals surface area (Å²) in [5, 5.41) is 10.6. The molecular formula is C11H22N2O2. The molecule has 2 heterocycles. The zero-order chi connectivity index (χ0) is 10.9. The van der Waals surface area contributed by atoms with Gasteiger partial charge < -0.3 is 20.5 Å². The molecule has 1 atom stereocenters. The number of likely N-dealkylation sites (tertiary alicyclic amines) is 1. The molecule has 0 aromatic rings. The van der Waals surface area contributed by atoms with Crippen LogP contribution in [-0.4, -0.2) is 54.0 Å². The van der Waals surface area contributed by atoms with Gasteiger partial charge in [0.2, 0.25) is 0 Å². The minimum atomic E-state index is -0.713. The standard InChI is InChI=1S/C11H22N2O2/c1-2-13-6-3-11(14,4-7-13)10(12)5-8-15-9-10/h14H,2-9,12H2,1H3. The molecule has 15 heavy (non-hydrogen) atoms. The molecule has 4 nitrogen and oxygen atoms in total. The molecule has 2 aliphatic rings. The third-order valence-electron chi connectivity index (χ3n) is 4.11. The van der Waals surface area contributed by atoms with E-state index >= 15 is 0 Å². The Morgan fingerprint density at radius 3 is 2.47 bits per heavy atom. The van der Waals surface area contributed by atoms with E-state index in [0.717, 1.165) is 38.9 Å². The molecule has 88 valence electrons. The summed E-state index contributed by atoms with van der Waals surface area (Å²) in [5.74, 6) is 0. The Morgan fingerprint density at radius 2 is 2.00 bits per heavy atom. The number of nitrogens with two attached hydrogens (primary N) is 1. The molecule has 3 N–H and O–H groups in total. The van der Waals surface area contributed by atoms with Crippen molar-refractivity contribution in [3.8, 4) is 0 Å². The molecule has 2 aliphatic heterocycles. The highest BCUT2D eigenvalue weighted by molar-refractivity contribution is 5.07. The lowest BCUT2D eigenvalue weighted by Crippen LogP contribution is -2.64. The normalized spacial score (nSPS) is 37.0. The van der Waals surface area contributed by atoms with Gasteiger partial charge in [0.1, 0.15) is 0 Å². The molecule has 0 aromatic carbocycles. The number of aliphatic hydroxyl groups is 1. The average molecular weight is 214 g/mol. The summed E-state index contributed by atoms with van der Waals surface area (Å²) in [4.78, 5) is 2.35. The molecule has 2 saturated heterocycles. The van der Waals surface area contributed by atoms with Gasteiger partial charge in [0.05, 0.1) is 17.7 Å². The van der Waals surface area contributed by atoms with Crippen molar-refractivity contribution < 1.29 is 9.84 Å². The van der Waals surface area contributed by atoms with E-state index in [-0.39, 0.29) is 0 Å². The summed E-state index contributed by atoms with van der Waals surface area (Å²) < 4.78 is 5.33. The lowest BCUT2D eigenvalue weighted by molar-refractivity contribution is -0.0809. The van der Waals surface area contributed by atoms with Gasteiger partial charge in [-0.25, -0.2) is 0 Å². The second kappa shape index (κ2) is 4.01. The lowest BCUT2D eigenvalue weighted by atomic mass is 9.73. The fourth-order valence-corrected chi connectivity index (χ4v) is 2.68. The molecule has 0 amide bonds. The van der Waals surface area contributed by atoms with Crippen molar-refractivity contribution >= 4 is 0 Å². The topological polar surface area (TPSA) is 58.7 Å². The predicted molar refractivity (Wildman–Crippen MR) is 58.7 cm³/mol. The van der Waals surface area contributed by atoms with Gasteiger partial charge in [-0.05, 0) is 25.8 Å². The van der Waals surface area contributed by atoms with Gasteiger partial charge in [0.25, 0.3) is 0 Å². The van der Waals surface area contributed by atoms with Gasteiger partial charge in [0.15, 0.2) is 0 Å². The fourth-order valence-electron chi connectivity index (χ4n) is 2.68. The summed E-state index contributed by atoms with van der Waals surface area (Å²) in [7, 11) is 0. The van der Waals surface area contributed by atoms with Crippen LogP contribution in [-0.2, 0) is 4.74 Å². The number of hydrogen-bond acceptors (Lipinski definition) is 4. The second-order valence-corrected chi connectivity index (χ2v) is 4.92. The Hall–Kier alpha value is -0.160. The highest BCUT2D eigenvalue weighted by Gasteiger charge is 2.50. The molecule has 4 heteroatoms. The third kappa shape index (κ3) is 1.91. The summed E-state index contributed by atoms with van der Waals surface area (Å²) >= 11 is 0. The van der Waals surface area contributed by atoms with Gasteiger partial charge in [-0.3, -0.25) is 0 Å². The predicted octanol–water partition coefficient (Wildman–Crippen LogP) is -0.0490. The molecule has 0 radical (unpaired) electrons. The third-order valence-corrected chi connectivity index (χ3v) is 4.11. The highest BCUT2D eigenvalue weighted by atomic mass is 16.5. The molecule has 0 bridgehead atoms. The maximum atomic E-state index is 10.6. The van der Waals surface area contributed by atoms with E-state index in [1.165, 1.54) is 0 Å². The van der Waals surface area contributed by atoms with E-state index in [2.05, 4.69) is 11.8 Å². The minimum absolute atomic E-state index is 0.507. The number of ether oxygens (including phenoxy) is 1. The molecule has 2 rings (SSSR count). The van der Waals surface area contributed by atoms with Crippen LogP contribution < -0.4 is 5.73 Å². The molecule has 0 saturated carbocycles. The largest absolute Gasteiger partial charge is 0.388 e. The Kier molecular flexibility index (Phi) is 3.03. The fraction of sp³-hybridized carbons (Fsp3) is 1.00. The van der Waals surface area contributed by atoms with Crippen molar-refractivity contribution in [2.45, 2.75) is 37.3 Å². The summed E-state index contributed by atoms with van der Waals surface area (Å²) in [5.41, 5.74) is 5.04. The van der Waals surface area contributed by atoms with Crippen LogP contribution >= 0.6 is 0 Å². The van der Waals surface area contributed by atoms with Gasteiger partial charge in [-0.1, -0.05) is 6.92 Å². The van der Waals surface area contributed by atoms with Crippen molar-refractivity contribution in [2.24, 2.45) is 5.73 Å². The quantitative estimate of drug-likeness (QED) is 0.677. The first kappa shape index (κ1) is 11.3. The number of piperidine rings is 1. The van der Waals surface area contributed by atoms with Crippen LogP contribution in [0.4, 0.5) is 0 Å². The zero-order valence-corrected chi connectivity index (χ0v) is 9.54. The smallest absolute Gasteiger partial charge is 0.0874 e. The monoisotopic (exact) mass is 214 g/mol. The Labute approximate surface area is 91.4 Å². The van der Waals surface area contributed by atoms with Gasteiger partial charge in [0, 0.05) is 19.7 Å². The van der Waals surface area contributed by atoms with Gasteiger partial charge in [-0.2, -0.15) is 0 Å². The SMILES string of the molecule is CCN1CCC(O)(C2(N)CCOC2)CC1. The van der Waals surface area contributed by atoms with Gasteiger partial charge in [-0.15, -0.1) is 0 Å². The van der Waals surface area contributed by atoms with E-state index < -0.39 is 11.1 Å². The van der Waals surface area contributed by atoms with E-state index in [4.69, 9.17) is 10.5 Å². The van der Waals surface area contributed by atoms with Crippen molar-refractivity contribution in [2.75, 3.05) is 32.8 Å². The Balaban J connectivity index is 2.02. The molecule has 0 aromatic heterocycles. The Morgan fingerprint density at radius 1 is 1.33 bits per heavy atom. The van der Waals surface area contributed by atoms with E-state index in [1.54, 1.807) is 0 Å². The van der Waals surface area contributed by atoms with Crippen LogP contribution in [0.3, 0.4) is 0 Å². The van der Waals surface area contributed by atoms with Crippen LogP contribution in [0, 0.1) is 0 Å². The van der Waals surface area contributed by atoms with E-state index in [1.807, 2.05) is 0 Å². The molecular weight excluding hydrogens is 192 g/mol. The maximum absolute atomic E-state index is 10.6. The van der Waals surface area contributed by atoms with Crippen LogP contribution in [0.2, 0.25) is 0 Å². The Bertz CT molecular complexity index is 219. The second-order valence-electron chi connectivity index (χ2n) is 4.92. The number of hydrogen-bond donors (Lipinski definition) is 2. The highest BCUT2D eigenvalue weighted by Crippen LogP contribution is 2.36. The number of nitrogens with zero attached hydrogens (tertiary/aromatic N) is 1. The maximum Gasteiger partial charge on any atom is 0.0874 e. The van der Waals surface area contributed by atoms with Crippen molar-refractivity contribution in [1.29, 1.82) is 0 Å². The first-order valence-corrected chi connectivity index (χ1v) is 5.91. The first-order valence-electron chi connectivity index (χ1n) is 5.91. The van der Waals surface area contributed by atoms with E-state index in [0.29, 0.717) is 13.2 Å². The summed E-state index contributed by atoms with van der Waals surface area (Å²) in [6, 6.07) is 0. The summed E-state index contributed by atoms with van der Waals surface area (Å²) in [6.45, 7) is 6.31. The van der Waals surface area contributed by atoms with Crippen molar-refractivity contribution in [3.63, 3.8) is 0 Å². The molecule has 1 unspecified atom stereocenters. The van der Waals surface area contributed by atoms with Crippen molar-refractivity contribution in [3.05, 3.63) is 0 Å². The minimum Gasteiger partial charge on any atom is -0.388 e. The van der Waals surface area contributed by atoms with Crippen molar-refractivity contribution in [1.82, 2.24) is 4.90 Å². The van der Waals surface area contributed by atoms with E-state index in [9.17, 15) is 5.11 Å². The first-order chi connectivity index (χ1) is 7.10. The number of rotatable bonds is 2. The molecule has 2 fully saturated rings. The molecule has 0 spiro atoms.